The van der Waals surface area contributed by atoms with Crippen molar-refractivity contribution in [3.8, 4) is 0 Å². The molecule has 3 nitrogen and oxygen atoms in total. The van der Waals surface area contributed by atoms with Crippen molar-refractivity contribution in [2.45, 2.75) is 64.6 Å². The maximum Gasteiger partial charge on any atom is 0.175 e. The average Bonchev–Trinajstić information content (AvgIpc) is 2.76. The molecule has 0 aromatic carbocycles. The van der Waals surface area contributed by atoms with Crippen LogP contribution in [0.25, 0.3) is 0 Å². The molecule has 0 amide bonds. The molecule has 1 aliphatic rings. The highest BCUT2D eigenvalue weighted by Crippen LogP contribution is 2.29. The van der Waals surface area contributed by atoms with E-state index >= 15 is 0 Å². The SMILES string of the molecule is CCCCC/C=C/CCC1(CC(C)=O)OCCO1. The third-order valence-corrected chi connectivity index (χ3v) is 3.16. The molecule has 1 fully saturated rings. The number of Topliss-reactive ketones (excluding diaryl/α,β-unsaturated/α-hetero) is 1. The van der Waals surface area contributed by atoms with Gasteiger partial charge in [0.2, 0.25) is 0 Å². The van der Waals surface area contributed by atoms with Gasteiger partial charge in [0.25, 0.3) is 0 Å². The topological polar surface area (TPSA) is 35.5 Å². The van der Waals surface area contributed by atoms with Gasteiger partial charge in [-0.3, -0.25) is 4.79 Å². The van der Waals surface area contributed by atoms with E-state index in [2.05, 4.69) is 19.1 Å². The van der Waals surface area contributed by atoms with Crippen LogP contribution < -0.4 is 0 Å². The van der Waals surface area contributed by atoms with Gasteiger partial charge in [-0.05, 0) is 26.2 Å². The molecule has 0 atom stereocenters. The Labute approximate surface area is 111 Å². The maximum atomic E-state index is 11.2. The molecule has 0 radical (unpaired) electrons. The van der Waals surface area contributed by atoms with Gasteiger partial charge < -0.3 is 9.47 Å². The third kappa shape index (κ3) is 5.78. The lowest BCUT2D eigenvalue weighted by atomic mass is 10.0. The Bertz CT molecular complexity index is 265. The summed E-state index contributed by atoms with van der Waals surface area (Å²) in [5.41, 5.74) is 0. The number of rotatable bonds is 9. The summed E-state index contributed by atoms with van der Waals surface area (Å²) in [6, 6.07) is 0. The van der Waals surface area contributed by atoms with Crippen LogP contribution in [0.4, 0.5) is 0 Å². The van der Waals surface area contributed by atoms with E-state index in [1.165, 1.54) is 19.3 Å². The summed E-state index contributed by atoms with van der Waals surface area (Å²) in [6.07, 6.45) is 11.4. The van der Waals surface area contributed by atoms with E-state index in [4.69, 9.17) is 9.47 Å². The second-order valence-electron chi connectivity index (χ2n) is 4.99. The second kappa shape index (κ2) is 8.44. The molecule has 0 N–H and O–H groups in total. The van der Waals surface area contributed by atoms with Crippen molar-refractivity contribution in [2.75, 3.05) is 13.2 Å². The predicted octanol–water partition coefficient (Wildman–Crippen LogP) is 3.63. The summed E-state index contributed by atoms with van der Waals surface area (Å²) in [5, 5.41) is 0. The van der Waals surface area contributed by atoms with Gasteiger partial charge >= 0.3 is 0 Å². The first-order valence-corrected chi connectivity index (χ1v) is 7.11. The standard InChI is InChI=1S/C15H26O3/c1-3-4-5-6-7-8-9-10-15(13-14(2)16)17-11-12-18-15/h7-8H,3-6,9-13H2,1-2H3/b8-7+. The van der Waals surface area contributed by atoms with Gasteiger partial charge in [-0.2, -0.15) is 0 Å². The van der Waals surface area contributed by atoms with Gasteiger partial charge in [0.1, 0.15) is 5.78 Å². The first-order chi connectivity index (χ1) is 8.68. The Hall–Kier alpha value is -0.670. The summed E-state index contributed by atoms with van der Waals surface area (Å²) in [6.45, 7) is 5.01. The van der Waals surface area contributed by atoms with Crippen molar-refractivity contribution in [3.05, 3.63) is 12.2 Å². The van der Waals surface area contributed by atoms with Crippen LogP contribution in [0.1, 0.15) is 58.8 Å². The van der Waals surface area contributed by atoms with Crippen LogP contribution in [-0.2, 0) is 14.3 Å². The molecule has 0 aromatic heterocycles. The van der Waals surface area contributed by atoms with E-state index in [9.17, 15) is 4.79 Å². The van der Waals surface area contributed by atoms with E-state index in [-0.39, 0.29) is 5.78 Å². The van der Waals surface area contributed by atoms with Crippen LogP contribution in [-0.4, -0.2) is 24.8 Å². The molecule has 1 rings (SSSR count). The fourth-order valence-electron chi connectivity index (χ4n) is 2.26. The van der Waals surface area contributed by atoms with E-state index < -0.39 is 5.79 Å². The zero-order chi connectivity index (χ0) is 13.3. The van der Waals surface area contributed by atoms with Crippen LogP contribution in [0.15, 0.2) is 12.2 Å². The first kappa shape index (κ1) is 15.4. The molecule has 3 heteroatoms. The smallest absolute Gasteiger partial charge is 0.175 e. The summed E-state index contributed by atoms with van der Waals surface area (Å²) in [5.74, 6) is -0.511. The summed E-state index contributed by atoms with van der Waals surface area (Å²) in [7, 11) is 0. The van der Waals surface area contributed by atoms with Gasteiger partial charge in [0.15, 0.2) is 5.79 Å². The number of allylic oxidation sites excluding steroid dienone is 2. The number of ether oxygens (including phenoxy) is 2. The number of carbonyl (C=O) groups excluding carboxylic acids is 1. The molecule has 0 spiro atoms. The highest BCUT2D eigenvalue weighted by molar-refractivity contribution is 5.76. The zero-order valence-corrected chi connectivity index (χ0v) is 11.7. The lowest BCUT2D eigenvalue weighted by Gasteiger charge is -2.25. The Morgan fingerprint density at radius 2 is 1.83 bits per heavy atom. The average molecular weight is 254 g/mol. The predicted molar refractivity (Wildman–Crippen MR) is 72.4 cm³/mol. The molecule has 1 aliphatic heterocycles. The molecule has 0 unspecified atom stereocenters. The minimum absolute atomic E-state index is 0.129. The van der Waals surface area contributed by atoms with Gasteiger partial charge in [0, 0.05) is 6.42 Å². The van der Waals surface area contributed by atoms with Crippen molar-refractivity contribution in [1.82, 2.24) is 0 Å². The summed E-state index contributed by atoms with van der Waals surface area (Å²) in [4.78, 5) is 11.2. The highest BCUT2D eigenvalue weighted by atomic mass is 16.7. The molecular formula is C15H26O3. The third-order valence-electron chi connectivity index (χ3n) is 3.16. The van der Waals surface area contributed by atoms with Crippen LogP contribution in [0.5, 0.6) is 0 Å². The Kier molecular flexibility index (Phi) is 7.21. The molecule has 0 saturated carbocycles. The molecule has 0 bridgehead atoms. The van der Waals surface area contributed by atoms with Crippen molar-refractivity contribution >= 4 is 5.78 Å². The fourth-order valence-corrected chi connectivity index (χ4v) is 2.26. The van der Waals surface area contributed by atoms with Gasteiger partial charge in [-0.1, -0.05) is 31.9 Å². The molecule has 1 heterocycles. The van der Waals surface area contributed by atoms with Crippen molar-refractivity contribution in [3.63, 3.8) is 0 Å². The molecular weight excluding hydrogens is 228 g/mol. The van der Waals surface area contributed by atoms with Crippen LogP contribution >= 0.6 is 0 Å². The largest absolute Gasteiger partial charge is 0.347 e. The van der Waals surface area contributed by atoms with Crippen LogP contribution in [0.2, 0.25) is 0 Å². The Morgan fingerprint density at radius 1 is 1.17 bits per heavy atom. The molecule has 0 aromatic rings. The molecule has 1 saturated heterocycles. The monoisotopic (exact) mass is 254 g/mol. The minimum atomic E-state index is -0.639. The normalized spacial score (nSPS) is 18.6. The van der Waals surface area contributed by atoms with Crippen LogP contribution in [0, 0.1) is 0 Å². The Balaban J connectivity index is 2.23. The lowest BCUT2D eigenvalue weighted by molar-refractivity contribution is -0.171. The van der Waals surface area contributed by atoms with Crippen molar-refractivity contribution < 1.29 is 14.3 Å². The maximum absolute atomic E-state index is 11.2. The zero-order valence-electron chi connectivity index (χ0n) is 11.7. The van der Waals surface area contributed by atoms with Gasteiger partial charge in [-0.15, -0.1) is 0 Å². The first-order valence-electron chi connectivity index (χ1n) is 7.11. The van der Waals surface area contributed by atoms with Crippen molar-refractivity contribution in [1.29, 1.82) is 0 Å². The molecule has 104 valence electrons. The van der Waals surface area contributed by atoms with E-state index in [1.807, 2.05) is 0 Å². The molecule has 0 aliphatic carbocycles. The van der Waals surface area contributed by atoms with E-state index in [0.717, 1.165) is 19.3 Å². The fraction of sp³-hybridized carbons (Fsp3) is 0.800. The summed E-state index contributed by atoms with van der Waals surface area (Å²) < 4.78 is 11.2. The molecule has 18 heavy (non-hydrogen) atoms. The number of ketones is 1. The quantitative estimate of drug-likeness (QED) is 0.465. The van der Waals surface area contributed by atoms with Gasteiger partial charge in [0.05, 0.1) is 19.6 Å². The number of carbonyl (C=O) groups is 1. The highest BCUT2D eigenvalue weighted by Gasteiger charge is 2.36. The second-order valence-corrected chi connectivity index (χ2v) is 4.99. The minimum Gasteiger partial charge on any atom is -0.347 e. The lowest BCUT2D eigenvalue weighted by Crippen LogP contribution is -2.32. The van der Waals surface area contributed by atoms with Crippen LogP contribution in [0.3, 0.4) is 0 Å². The Morgan fingerprint density at radius 3 is 2.44 bits per heavy atom. The van der Waals surface area contributed by atoms with Crippen molar-refractivity contribution in [2.24, 2.45) is 0 Å². The summed E-state index contributed by atoms with van der Waals surface area (Å²) >= 11 is 0. The van der Waals surface area contributed by atoms with E-state index in [0.29, 0.717) is 19.6 Å². The van der Waals surface area contributed by atoms with E-state index in [1.54, 1.807) is 6.92 Å². The number of unbranched alkanes of at least 4 members (excludes halogenated alkanes) is 3. The number of hydrogen-bond donors (Lipinski definition) is 0. The van der Waals surface area contributed by atoms with Gasteiger partial charge in [-0.25, -0.2) is 0 Å². The number of hydrogen-bond acceptors (Lipinski definition) is 3.